The average Bonchev–Trinajstić information content (AvgIpc) is 2.43. The summed E-state index contributed by atoms with van der Waals surface area (Å²) in [7, 11) is 0. The molecule has 8 heteroatoms. The summed E-state index contributed by atoms with van der Waals surface area (Å²) < 4.78 is 0.392. The molecule has 1 N–H and O–H groups in total. The van der Waals surface area contributed by atoms with E-state index in [2.05, 4.69) is 21.2 Å². The lowest BCUT2D eigenvalue weighted by Gasteiger charge is -2.08. The van der Waals surface area contributed by atoms with Crippen LogP contribution in [-0.4, -0.2) is 10.8 Å². The van der Waals surface area contributed by atoms with Gasteiger partial charge in [-0.2, -0.15) is 0 Å². The van der Waals surface area contributed by atoms with Crippen LogP contribution in [0.3, 0.4) is 0 Å². The number of anilines is 1. The zero-order chi connectivity index (χ0) is 15.6. The second-order valence-corrected chi connectivity index (χ2v) is 5.70. The van der Waals surface area contributed by atoms with Gasteiger partial charge in [-0.05, 0) is 40.2 Å². The van der Waals surface area contributed by atoms with Crippen molar-refractivity contribution in [1.82, 2.24) is 0 Å². The van der Waals surface area contributed by atoms with Crippen LogP contribution in [0.25, 0.3) is 0 Å². The maximum absolute atomic E-state index is 12.1. The molecule has 2 aromatic carbocycles. The van der Waals surface area contributed by atoms with Gasteiger partial charge in [0.1, 0.15) is 0 Å². The van der Waals surface area contributed by atoms with E-state index in [0.29, 0.717) is 15.2 Å². The highest BCUT2D eigenvalue weighted by atomic mass is 79.9. The van der Waals surface area contributed by atoms with Crippen LogP contribution in [0.1, 0.15) is 10.4 Å². The van der Waals surface area contributed by atoms with Crippen LogP contribution in [0, 0.1) is 10.1 Å². The highest BCUT2D eigenvalue weighted by molar-refractivity contribution is 9.10. The van der Waals surface area contributed by atoms with E-state index in [1.54, 1.807) is 6.07 Å². The number of hydrogen-bond donors (Lipinski definition) is 1. The van der Waals surface area contributed by atoms with Crippen molar-refractivity contribution in [1.29, 1.82) is 0 Å². The quantitative estimate of drug-likeness (QED) is 0.598. The molecule has 0 aliphatic carbocycles. The van der Waals surface area contributed by atoms with Gasteiger partial charge in [0.2, 0.25) is 0 Å². The molecule has 2 rings (SSSR count). The van der Waals surface area contributed by atoms with Crippen LogP contribution in [0.15, 0.2) is 40.9 Å². The molecule has 0 saturated carbocycles. The normalized spacial score (nSPS) is 10.2. The Labute approximate surface area is 138 Å². The summed E-state index contributed by atoms with van der Waals surface area (Å²) in [5, 5.41) is 13.9. The minimum Gasteiger partial charge on any atom is -0.321 e. The number of rotatable bonds is 3. The number of nitro benzene ring substituents is 1. The Kier molecular flexibility index (Phi) is 4.82. The van der Waals surface area contributed by atoms with Gasteiger partial charge in [-0.25, -0.2) is 0 Å². The molecule has 0 radical (unpaired) electrons. The summed E-state index contributed by atoms with van der Waals surface area (Å²) in [5.74, 6) is -0.461. The molecule has 2 aromatic rings. The van der Waals surface area contributed by atoms with Crippen molar-refractivity contribution in [2.75, 3.05) is 5.32 Å². The molecule has 0 aliphatic heterocycles. The molecule has 0 aliphatic rings. The maximum atomic E-state index is 12.1. The Morgan fingerprint density at radius 1 is 1.19 bits per heavy atom. The first-order valence-corrected chi connectivity index (χ1v) is 7.13. The lowest BCUT2D eigenvalue weighted by Crippen LogP contribution is -2.13. The minimum atomic E-state index is -0.524. The van der Waals surface area contributed by atoms with Crippen LogP contribution in [-0.2, 0) is 0 Å². The van der Waals surface area contributed by atoms with Crippen molar-refractivity contribution >= 4 is 56.4 Å². The molecule has 0 aromatic heterocycles. The Hall–Kier alpha value is -1.63. The summed E-state index contributed by atoms with van der Waals surface area (Å²) in [6.45, 7) is 0. The molecule has 0 fully saturated rings. The standard InChI is InChI=1S/C13H7BrCl2N2O3/c14-10-6-8(18(20)21)2-4-12(10)17-13(19)9-5-7(15)1-3-11(9)16/h1-6H,(H,17,19). The lowest BCUT2D eigenvalue weighted by molar-refractivity contribution is -0.384. The SMILES string of the molecule is O=C(Nc1ccc([N+](=O)[O-])cc1Br)c1cc(Cl)ccc1Cl. The summed E-state index contributed by atoms with van der Waals surface area (Å²) in [6, 6.07) is 8.55. The molecule has 0 heterocycles. The fourth-order valence-electron chi connectivity index (χ4n) is 1.58. The first kappa shape index (κ1) is 15.8. The molecule has 1 amide bonds. The fraction of sp³-hybridized carbons (Fsp3) is 0. The van der Waals surface area contributed by atoms with Gasteiger partial charge < -0.3 is 5.32 Å². The van der Waals surface area contributed by atoms with E-state index in [0.717, 1.165) is 0 Å². The number of nitrogens with zero attached hydrogens (tertiary/aromatic N) is 1. The molecule has 108 valence electrons. The van der Waals surface area contributed by atoms with Gasteiger partial charge in [-0.1, -0.05) is 23.2 Å². The zero-order valence-electron chi connectivity index (χ0n) is 10.3. The first-order valence-electron chi connectivity index (χ1n) is 5.59. The van der Waals surface area contributed by atoms with Gasteiger partial charge in [0, 0.05) is 21.6 Å². The van der Waals surface area contributed by atoms with Gasteiger partial charge in [-0.3, -0.25) is 14.9 Å². The van der Waals surface area contributed by atoms with E-state index in [1.807, 2.05) is 0 Å². The van der Waals surface area contributed by atoms with Gasteiger partial charge in [-0.15, -0.1) is 0 Å². The summed E-state index contributed by atoms with van der Waals surface area (Å²) in [5.41, 5.74) is 0.525. The number of carbonyl (C=O) groups excluding carboxylic acids is 1. The Bertz CT molecular complexity index is 737. The van der Waals surface area contributed by atoms with Gasteiger partial charge in [0.15, 0.2) is 0 Å². The van der Waals surface area contributed by atoms with E-state index >= 15 is 0 Å². The van der Waals surface area contributed by atoms with Crippen molar-refractivity contribution < 1.29 is 9.72 Å². The Balaban J connectivity index is 2.27. The highest BCUT2D eigenvalue weighted by Gasteiger charge is 2.14. The van der Waals surface area contributed by atoms with Crippen LogP contribution in [0.2, 0.25) is 10.0 Å². The van der Waals surface area contributed by atoms with Crippen molar-refractivity contribution in [3.63, 3.8) is 0 Å². The topological polar surface area (TPSA) is 72.2 Å². The smallest absolute Gasteiger partial charge is 0.270 e. The largest absolute Gasteiger partial charge is 0.321 e. The van der Waals surface area contributed by atoms with Crippen molar-refractivity contribution in [3.05, 3.63) is 66.6 Å². The predicted molar refractivity (Wildman–Crippen MR) is 85.2 cm³/mol. The van der Waals surface area contributed by atoms with E-state index in [1.165, 1.54) is 30.3 Å². The van der Waals surface area contributed by atoms with Crippen molar-refractivity contribution in [2.24, 2.45) is 0 Å². The zero-order valence-corrected chi connectivity index (χ0v) is 13.4. The third-order valence-electron chi connectivity index (χ3n) is 2.58. The van der Waals surface area contributed by atoms with Crippen LogP contribution in [0.4, 0.5) is 11.4 Å². The van der Waals surface area contributed by atoms with Gasteiger partial charge in [0.05, 0.1) is 21.2 Å². The number of nitro groups is 1. The molecular formula is C13H7BrCl2N2O3. The van der Waals surface area contributed by atoms with E-state index in [-0.39, 0.29) is 16.3 Å². The van der Waals surface area contributed by atoms with Gasteiger partial charge in [0.25, 0.3) is 11.6 Å². The Morgan fingerprint density at radius 2 is 1.90 bits per heavy atom. The summed E-state index contributed by atoms with van der Waals surface area (Å²) in [6.07, 6.45) is 0. The molecule has 0 unspecified atom stereocenters. The van der Waals surface area contributed by atoms with Gasteiger partial charge >= 0.3 is 0 Å². The maximum Gasteiger partial charge on any atom is 0.270 e. The molecular weight excluding hydrogens is 383 g/mol. The third-order valence-corrected chi connectivity index (χ3v) is 3.81. The monoisotopic (exact) mass is 388 g/mol. The highest BCUT2D eigenvalue weighted by Crippen LogP contribution is 2.28. The minimum absolute atomic E-state index is 0.0827. The predicted octanol–water partition coefficient (Wildman–Crippen LogP) is 4.92. The van der Waals surface area contributed by atoms with Crippen LogP contribution in [0.5, 0.6) is 0 Å². The molecule has 21 heavy (non-hydrogen) atoms. The fourth-order valence-corrected chi connectivity index (χ4v) is 2.42. The second-order valence-electron chi connectivity index (χ2n) is 4.00. The first-order chi connectivity index (χ1) is 9.88. The molecule has 5 nitrogen and oxygen atoms in total. The van der Waals surface area contributed by atoms with Crippen LogP contribution < -0.4 is 5.32 Å². The number of non-ortho nitro benzene ring substituents is 1. The lowest BCUT2D eigenvalue weighted by atomic mass is 10.2. The average molecular weight is 390 g/mol. The Morgan fingerprint density at radius 3 is 2.52 bits per heavy atom. The third kappa shape index (κ3) is 3.72. The van der Waals surface area contributed by atoms with E-state index in [4.69, 9.17) is 23.2 Å². The summed E-state index contributed by atoms with van der Waals surface area (Å²) in [4.78, 5) is 22.3. The number of amides is 1. The van der Waals surface area contributed by atoms with Crippen molar-refractivity contribution in [3.8, 4) is 0 Å². The van der Waals surface area contributed by atoms with E-state index in [9.17, 15) is 14.9 Å². The molecule has 0 spiro atoms. The van der Waals surface area contributed by atoms with Crippen LogP contribution >= 0.6 is 39.1 Å². The number of carbonyl (C=O) groups is 1. The number of nitrogens with one attached hydrogen (secondary N) is 1. The number of hydrogen-bond acceptors (Lipinski definition) is 3. The number of halogens is 3. The molecule has 0 atom stereocenters. The van der Waals surface area contributed by atoms with E-state index < -0.39 is 10.8 Å². The number of benzene rings is 2. The second kappa shape index (κ2) is 6.43. The summed E-state index contributed by atoms with van der Waals surface area (Å²) >= 11 is 14.9. The van der Waals surface area contributed by atoms with Crippen molar-refractivity contribution in [2.45, 2.75) is 0 Å². The molecule has 0 bridgehead atoms. The molecule has 0 saturated heterocycles.